The predicted octanol–water partition coefficient (Wildman–Crippen LogP) is 0.0219. The molecule has 3 rings (SSSR count). The van der Waals surface area contributed by atoms with Crippen molar-refractivity contribution in [3.63, 3.8) is 0 Å². The SMILES string of the molecule is NC1CC(=O)N(c2n[nH]c3ncccc23)C1. The van der Waals surface area contributed by atoms with Crippen LogP contribution in [0.25, 0.3) is 11.0 Å². The van der Waals surface area contributed by atoms with Crippen molar-refractivity contribution in [1.29, 1.82) is 0 Å². The van der Waals surface area contributed by atoms with Crippen LogP contribution in [0.15, 0.2) is 18.3 Å². The Morgan fingerprint density at radius 3 is 3.19 bits per heavy atom. The average molecular weight is 217 g/mol. The third kappa shape index (κ3) is 1.27. The molecule has 0 aromatic carbocycles. The monoisotopic (exact) mass is 217 g/mol. The first-order valence-electron chi connectivity index (χ1n) is 5.11. The van der Waals surface area contributed by atoms with E-state index < -0.39 is 0 Å². The fourth-order valence-electron chi connectivity index (χ4n) is 1.99. The van der Waals surface area contributed by atoms with Crippen LogP contribution in [0.3, 0.4) is 0 Å². The molecule has 16 heavy (non-hydrogen) atoms. The quantitative estimate of drug-likeness (QED) is 0.705. The fraction of sp³-hybridized carbons (Fsp3) is 0.300. The molecule has 0 saturated carbocycles. The smallest absolute Gasteiger partial charge is 0.229 e. The number of rotatable bonds is 1. The molecule has 6 nitrogen and oxygen atoms in total. The van der Waals surface area contributed by atoms with E-state index in [4.69, 9.17) is 5.73 Å². The van der Waals surface area contributed by atoms with Crippen molar-refractivity contribution in [2.24, 2.45) is 5.73 Å². The van der Waals surface area contributed by atoms with Crippen LogP contribution in [0, 0.1) is 0 Å². The van der Waals surface area contributed by atoms with Gasteiger partial charge < -0.3 is 5.73 Å². The molecule has 1 aliphatic heterocycles. The molecule has 1 fully saturated rings. The van der Waals surface area contributed by atoms with Gasteiger partial charge in [-0.2, -0.15) is 5.10 Å². The molecule has 0 spiro atoms. The van der Waals surface area contributed by atoms with E-state index in [2.05, 4.69) is 15.2 Å². The van der Waals surface area contributed by atoms with E-state index in [1.807, 2.05) is 12.1 Å². The molecule has 0 aliphatic carbocycles. The lowest BCUT2D eigenvalue weighted by Crippen LogP contribution is -2.28. The standard InChI is InChI=1S/C10H11N5O/c11-6-4-8(16)15(5-6)10-7-2-1-3-12-9(7)13-14-10/h1-3,6H,4-5,11H2,(H,12,13,14). The Morgan fingerprint density at radius 1 is 1.56 bits per heavy atom. The number of H-pyrrole nitrogens is 1. The van der Waals surface area contributed by atoms with Crippen molar-refractivity contribution in [1.82, 2.24) is 15.2 Å². The summed E-state index contributed by atoms with van der Waals surface area (Å²) in [5, 5.41) is 7.78. The van der Waals surface area contributed by atoms with Gasteiger partial charge in [-0.3, -0.25) is 14.8 Å². The minimum Gasteiger partial charge on any atom is -0.326 e. The molecule has 3 N–H and O–H groups in total. The zero-order valence-electron chi connectivity index (χ0n) is 8.55. The molecule has 1 atom stereocenters. The molecular formula is C10H11N5O. The second kappa shape index (κ2) is 3.28. The van der Waals surface area contributed by atoms with E-state index in [1.54, 1.807) is 11.1 Å². The molecule has 2 aromatic rings. The van der Waals surface area contributed by atoms with E-state index >= 15 is 0 Å². The normalized spacial score (nSPS) is 20.9. The van der Waals surface area contributed by atoms with Gasteiger partial charge in [0.1, 0.15) is 0 Å². The topological polar surface area (TPSA) is 87.9 Å². The summed E-state index contributed by atoms with van der Waals surface area (Å²) in [7, 11) is 0. The third-order valence-electron chi connectivity index (χ3n) is 2.73. The number of aromatic nitrogens is 3. The van der Waals surface area contributed by atoms with Crippen molar-refractivity contribution in [3.05, 3.63) is 18.3 Å². The average Bonchev–Trinajstić information content (AvgIpc) is 2.81. The van der Waals surface area contributed by atoms with Crippen LogP contribution in [-0.2, 0) is 4.79 Å². The summed E-state index contributed by atoms with van der Waals surface area (Å²) in [6, 6.07) is 3.61. The first-order chi connectivity index (χ1) is 7.75. The summed E-state index contributed by atoms with van der Waals surface area (Å²) in [6.07, 6.45) is 2.07. The van der Waals surface area contributed by atoms with Gasteiger partial charge in [-0.05, 0) is 12.1 Å². The van der Waals surface area contributed by atoms with Gasteiger partial charge in [0.05, 0.1) is 5.39 Å². The predicted molar refractivity (Wildman–Crippen MR) is 58.8 cm³/mol. The summed E-state index contributed by atoms with van der Waals surface area (Å²) in [5.74, 6) is 0.644. The lowest BCUT2D eigenvalue weighted by atomic mass is 10.3. The molecule has 1 amide bonds. The Labute approximate surface area is 91.4 Å². The first kappa shape index (κ1) is 9.29. The van der Waals surface area contributed by atoms with Crippen molar-refractivity contribution in [2.75, 3.05) is 11.4 Å². The van der Waals surface area contributed by atoms with Crippen LogP contribution in [0.5, 0.6) is 0 Å². The van der Waals surface area contributed by atoms with Crippen LogP contribution < -0.4 is 10.6 Å². The lowest BCUT2D eigenvalue weighted by Gasteiger charge is -2.12. The summed E-state index contributed by atoms with van der Waals surface area (Å²) in [4.78, 5) is 17.4. The minimum atomic E-state index is -0.101. The fourth-order valence-corrected chi connectivity index (χ4v) is 1.99. The molecule has 1 unspecified atom stereocenters. The van der Waals surface area contributed by atoms with Crippen molar-refractivity contribution in [2.45, 2.75) is 12.5 Å². The van der Waals surface area contributed by atoms with Crippen molar-refractivity contribution < 1.29 is 4.79 Å². The van der Waals surface area contributed by atoms with Gasteiger partial charge >= 0.3 is 0 Å². The Morgan fingerprint density at radius 2 is 2.44 bits per heavy atom. The highest BCUT2D eigenvalue weighted by atomic mass is 16.2. The van der Waals surface area contributed by atoms with E-state index in [9.17, 15) is 4.79 Å². The Bertz CT molecular complexity index is 549. The Kier molecular flexibility index (Phi) is 1.90. The lowest BCUT2D eigenvalue weighted by molar-refractivity contribution is -0.117. The molecule has 1 aliphatic rings. The van der Waals surface area contributed by atoms with E-state index in [0.29, 0.717) is 24.4 Å². The van der Waals surface area contributed by atoms with Crippen LogP contribution in [-0.4, -0.2) is 33.7 Å². The van der Waals surface area contributed by atoms with Gasteiger partial charge in [-0.1, -0.05) is 0 Å². The first-order valence-corrected chi connectivity index (χ1v) is 5.11. The maximum absolute atomic E-state index is 11.7. The Balaban J connectivity index is 2.09. The van der Waals surface area contributed by atoms with Gasteiger partial charge in [0, 0.05) is 25.2 Å². The number of fused-ring (bicyclic) bond motifs is 1. The Hall–Kier alpha value is -1.95. The van der Waals surface area contributed by atoms with E-state index in [-0.39, 0.29) is 11.9 Å². The van der Waals surface area contributed by atoms with E-state index in [1.165, 1.54) is 0 Å². The van der Waals surface area contributed by atoms with Gasteiger partial charge in [0.25, 0.3) is 0 Å². The highest BCUT2D eigenvalue weighted by molar-refractivity contribution is 6.02. The summed E-state index contributed by atoms with van der Waals surface area (Å²) < 4.78 is 0. The number of aromatic amines is 1. The maximum atomic E-state index is 11.7. The summed E-state index contributed by atoms with van der Waals surface area (Å²) >= 11 is 0. The number of hydrogen-bond acceptors (Lipinski definition) is 4. The van der Waals surface area contributed by atoms with Gasteiger partial charge in [0.15, 0.2) is 11.5 Å². The van der Waals surface area contributed by atoms with Crippen LogP contribution >= 0.6 is 0 Å². The third-order valence-corrected chi connectivity index (χ3v) is 2.73. The molecule has 82 valence electrons. The number of anilines is 1. The van der Waals surface area contributed by atoms with Crippen molar-refractivity contribution in [3.8, 4) is 0 Å². The van der Waals surface area contributed by atoms with Crippen molar-refractivity contribution >= 4 is 22.8 Å². The van der Waals surface area contributed by atoms with Crippen LogP contribution in [0.2, 0.25) is 0 Å². The number of nitrogens with one attached hydrogen (secondary N) is 1. The number of nitrogens with two attached hydrogens (primary N) is 1. The number of amides is 1. The zero-order valence-corrected chi connectivity index (χ0v) is 8.55. The molecule has 0 bridgehead atoms. The number of nitrogens with zero attached hydrogens (tertiary/aromatic N) is 3. The van der Waals surface area contributed by atoms with Gasteiger partial charge in [-0.25, -0.2) is 4.98 Å². The minimum absolute atomic E-state index is 0.0183. The second-order valence-electron chi connectivity index (χ2n) is 3.92. The number of hydrogen-bond donors (Lipinski definition) is 2. The zero-order chi connectivity index (χ0) is 11.1. The van der Waals surface area contributed by atoms with Gasteiger partial charge in [0.2, 0.25) is 5.91 Å². The highest BCUT2D eigenvalue weighted by Crippen LogP contribution is 2.25. The number of pyridine rings is 1. The molecule has 3 heterocycles. The maximum Gasteiger partial charge on any atom is 0.229 e. The van der Waals surface area contributed by atoms with Crippen LogP contribution in [0.1, 0.15) is 6.42 Å². The second-order valence-corrected chi connectivity index (χ2v) is 3.92. The highest BCUT2D eigenvalue weighted by Gasteiger charge is 2.30. The molecule has 0 radical (unpaired) electrons. The molecule has 2 aromatic heterocycles. The van der Waals surface area contributed by atoms with Crippen LogP contribution in [0.4, 0.5) is 5.82 Å². The number of carbonyl (C=O) groups excluding carboxylic acids is 1. The molecule has 6 heteroatoms. The molecular weight excluding hydrogens is 206 g/mol. The largest absolute Gasteiger partial charge is 0.326 e. The summed E-state index contributed by atoms with van der Waals surface area (Å²) in [6.45, 7) is 0.522. The number of carbonyl (C=O) groups is 1. The van der Waals surface area contributed by atoms with E-state index in [0.717, 1.165) is 5.39 Å². The molecule has 1 saturated heterocycles. The summed E-state index contributed by atoms with van der Waals surface area (Å²) in [5.41, 5.74) is 6.44. The van der Waals surface area contributed by atoms with Gasteiger partial charge in [-0.15, -0.1) is 0 Å².